The van der Waals surface area contributed by atoms with Crippen molar-refractivity contribution in [3.63, 3.8) is 0 Å². The van der Waals surface area contributed by atoms with Crippen LogP contribution in [0.4, 0.5) is 17.5 Å². The average molecular weight is 466 g/mol. The SMILES string of the molecule is C[C@@H]1C[C@H](N)CN(c2ncc(Cl)c(Nc3cc(OCCCl)c4c(c3)[nH]c(=O)n4C)n2)C1. The molecule has 0 aliphatic carbocycles. The summed E-state index contributed by atoms with van der Waals surface area (Å²) >= 11 is 12.2. The minimum Gasteiger partial charge on any atom is -0.490 e. The van der Waals surface area contributed by atoms with E-state index in [9.17, 15) is 4.79 Å². The number of hydrogen-bond acceptors (Lipinski definition) is 7. The van der Waals surface area contributed by atoms with E-state index < -0.39 is 0 Å². The van der Waals surface area contributed by atoms with Crippen molar-refractivity contribution in [2.45, 2.75) is 19.4 Å². The molecule has 2 aromatic heterocycles. The summed E-state index contributed by atoms with van der Waals surface area (Å²) < 4.78 is 7.27. The minimum atomic E-state index is -0.235. The van der Waals surface area contributed by atoms with E-state index in [4.69, 9.17) is 33.7 Å². The number of halogens is 2. The molecule has 2 atom stereocenters. The van der Waals surface area contributed by atoms with Gasteiger partial charge in [-0.3, -0.25) is 4.57 Å². The van der Waals surface area contributed by atoms with Crippen LogP contribution in [0.3, 0.4) is 0 Å². The van der Waals surface area contributed by atoms with Crippen LogP contribution in [0, 0.1) is 5.92 Å². The van der Waals surface area contributed by atoms with Gasteiger partial charge >= 0.3 is 5.69 Å². The number of ether oxygens (including phenoxy) is 1. The smallest absolute Gasteiger partial charge is 0.326 e. The second-order valence-corrected chi connectivity index (χ2v) is 8.68. The fourth-order valence-corrected chi connectivity index (χ4v) is 4.19. The van der Waals surface area contributed by atoms with E-state index in [2.05, 4.69) is 32.1 Å². The molecule has 11 heteroatoms. The second kappa shape index (κ2) is 8.94. The van der Waals surface area contributed by atoms with E-state index in [0.29, 0.717) is 64.2 Å². The highest BCUT2D eigenvalue weighted by molar-refractivity contribution is 6.32. The topological polar surface area (TPSA) is 114 Å². The fraction of sp³-hybridized carbons (Fsp3) is 0.450. The summed E-state index contributed by atoms with van der Waals surface area (Å²) in [7, 11) is 1.68. The van der Waals surface area contributed by atoms with Gasteiger partial charge < -0.3 is 25.7 Å². The van der Waals surface area contributed by atoms with Crippen molar-refractivity contribution >= 4 is 51.7 Å². The predicted octanol–water partition coefficient (Wildman–Crippen LogP) is 2.84. The van der Waals surface area contributed by atoms with Gasteiger partial charge in [0.2, 0.25) is 5.95 Å². The molecule has 0 spiro atoms. The van der Waals surface area contributed by atoms with Crippen LogP contribution >= 0.6 is 23.2 Å². The normalized spacial score (nSPS) is 19.1. The molecule has 0 unspecified atom stereocenters. The van der Waals surface area contributed by atoms with Gasteiger partial charge in [0, 0.05) is 37.9 Å². The third-order valence-corrected chi connectivity index (χ3v) is 5.69. The van der Waals surface area contributed by atoms with Crippen molar-refractivity contribution in [1.29, 1.82) is 0 Å². The van der Waals surface area contributed by atoms with Gasteiger partial charge in [0.15, 0.2) is 5.82 Å². The van der Waals surface area contributed by atoms with E-state index in [-0.39, 0.29) is 11.7 Å². The first-order chi connectivity index (χ1) is 14.9. The van der Waals surface area contributed by atoms with E-state index in [0.717, 1.165) is 13.0 Å². The average Bonchev–Trinajstić information content (AvgIpc) is 3.01. The zero-order valence-corrected chi connectivity index (χ0v) is 18.9. The Balaban J connectivity index is 1.68. The first-order valence-corrected chi connectivity index (χ1v) is 11.0. The number of benzene rings is 1. The van der Waals surface area contributed by atoms with Gasteiger partial charge in [0.25, 0.3) is 0 Å². The summed E-state index contributed by atoms with van der Waals surface area (Å²) in [6.45, 7) is 4.01. The number of imidazole rings is 1. The Hall–Kier alpha value is -2.49. The maximum atomic E-state index is 12.1. The van der Waals surface area contributed by atoms with Crippen LogP contribution in [0.1, 0.15) is 13.3 Å². The standard InChI is InChI=1S/C20H25Cl2N7O2/c1-11-5-12(23)10-29(9-11)19-24-8-14(22)18(27-19)25-13-6-15-17(28(2)20(30)26-15)16(7-13)31-4-3-21/h6-8,11-12H,3-5,9-10,23H2,1-2H3,(H,26,30)(H,24,25,27)/t11-,12+/m1/s1. The highest BCUT2D eigenvalue weighted by atomic mass is 35.5. The number of anilines is 3. The number of H-pyrrole nitrogens is 1. The van der Waals surface area contributed by atoms with Crippen LogP contribution in [0.15, 0.2) is 23.1 Å². The molecule has 0 bridgehead atoms. The minimum absolute atomic E-state index is 0.0818. The highest BCUT2D eigenvalue weighted by Crippen LogP contribution is 2.32. The number of fused-ring (bicyclic) bond motifs is 1. The van der Waals surface area contributed by atoms with Gasteiger partial charge in [-0.25, -0.2) is 9.78 Å². The number of aromatic nitrogens is 4. The van der Waals surface area contributed by atoms with Crippen LogP contribution in [0.5, 0.6) is 5.75 Å². The number of aryl methyl sites for hydroxylation is 1. The van der Waals surface area contributed by atoms with Crippen molar-refractivity contribution in [3.8, 4) is 5.75 Å². The van der Waals surface area contributed by atoms with Crippen molar-refractivity contribution in [3.05, 3.63) is 33.8 Å². The summed E-state index contributed by atoms with van der Waals surface area (Å²) in [6.07, 6.45) is 2.56. The Kier molecular flexibility index (Phi) is 6.27. The highest BCUT2D eigenvalue weighted by Gasteiger charge is 2.24. The number of nitrogens with two attached hydrogens (primary N) is 1. The molecular formula is C20H25Cl2N7O2. The van der Waals surface area contributed by atoms with Gasteiger partial charge in [-0.1, -0.05) is 18.5 Å². The first kappa shape index (κ1) is 21.7. The number of aromatic amines is 1. The van der Waals surface area contributed by atoms with Gasteiger partial charge in [-0.05, 0) is 18.4 Å². The fourth-order valence-electron chi connectivity index (χ4n) is 3.98. The Morgan fingerprint density at radius 1 is 1.39 bits per heavy atom. The van der Waals surface area contributed by atoms with Crippen molar-refractivity contribution in [1.82, 2.24) is 19.5 Å². The summed E-state index contributed by atoms with van der Waals surface area (Å²) in [5.41, 5.74) is 7.89. The number of nitrogens with zero attached hydrogens (tertiary/aromatic N) is 4. The van der Waals surface area contributed by atoms with Crippen LogP contribution in [-0.2, 0) is 7.05 Å². The molecule has 4 rings (SSSR count). The van der Waals surface area contributed by atoms with Crippen LogP contribution in [0.25, 0.3) is 11.0 Å². The second-order valence-electron chi connectivity index (χ2n) is 7.89. The molecule has 0 saturated carbocycles. The lowest BCUT2D eigenvalue weighted by molar-refractivity contribution is 0.345. The lowest BCUT2D eigenvalue weighted by atomic mass is 9.97. The first-order valence-electron chi connectivity index (χ1n) is 10.1. The Morgan fingerprint density at radius 3 is 2.94 bits per heavy atom. The molecule has 1 aromatic carbocycles. The molecule has 0 radical (unpaired) electrons. The number of alkyl halides is 1. The van der Waals surface area contributed by atoms with E-state index in [1.54, 1.807) is 25.4 Å². The molecule has 9 nitrogen and oxygen atoms in total. The molecule has 4 N–H and O–H groups in total. The molecule has 1 saturated heterocycles. The van der Waals surface area contributed by atoms with Crippen LogP contribution < -0.4 is 26.4 Å². The molecule has 0 amide bonds. The number of piperidine rings is 1. The Morgan fingerprint density at radius 2 is 2.19 bits per heavy atom. The summed E-state index contributed by atoms with van der Waals surface area (Å²) in [5, 5.41) is 3.60. The maximum Gasteiger partial charge on any atom is 0.326 e. The van der Waals surface area contributed by atoms with E-state index in [1.165, 1.54) is 4.57 Å². The molecule has 1 aliphatic heterocycles. The third-order valence-electron chi connectivity index (χ3n) is 5.26. The van der Waals surface area contributed by atoms with Crippen LogP contribution in [-0.4, -0.2) is 51.1 Å². The molecular weight excluding hydrogens is 441 g/mol. The van der Waals surface area contributed by atoms with E-state index >= 15 is 0 Å². The largest absolute Gasteiger partial charge is 0.490 e. The number of hydrogen-bond donors (Lipinski definition) is 3. The molecule has 1 aliphatic rings. The molecule has 31 heavy (non-hydrogen) atoms. The van der Waals surface area contributed by atoms with Crippen LogP contribution in [0.2, 0.25) is 5.02 Å². The van der Waals surface area contributed by atoms with E-state index in [1.807, 2.05) is 0 Å². The lowest BCUT2D eigenvalue weighted by Gasteiger charge is -2.34. The Bertz CT molecular complexity index is 1140. The summed E-state index contributed by atoms with van der Waals surface area (Å²) in [5.74, 6) is 2.34. The molecule has 3 aromatic rings. The predicted molar refractivity (Wildman–Crippen MR) is 124 cm³/mol. The van der Waals surface area contributed by atoms with Gasteiger partial charge in [-0.2, -0.15) is 4.98 Å². The van der Waals surface area contributed by atoms with Gasteiger partial charge in [-0.15, -0.1) is 11.6 Å². The number of nitrogens with one attached hydrogen (secondary N) is 2. The van der Waals surface area contributed by atoms with Gasteiger partial charge in [0.05, 0.1) is 17.6 Å². The summed E-state index contributed by atoms with van der Waals surface area (Å²) in [6, 6.07) is 3.68. The molecule has 166 valence electrons. The molecule has 3 heterocycles. The van der Waals surface area contributed by atoms with Crippen molar-refractivity contribution < 1.29 is 4.74 Å². The quantitative estimate of drug-likeness (QED) is 0.479. The third kappa shape index (κ3) is 4.58. The van der Waals surface area contributed by atoms with Crippen molar-refractivity contribution in [2.24, 2.45) is 18.7 Å². The van der Waals surface area contributed by atoms with Crippen molar-refractivity contribution in [2.75, 3.05) is 35.8 Å². The molecule has 1 fully saturated rings. The maximum absolute atomic E-state index is 12.1. The zero-order chi connectivity index (χ0) is 22.1. The monoisotopic (exact) mass is 465 g/mol. The zero-order valence-electron chi connectivity index (χ0n) is 17.4. The van der Waals surface area contributed by atoms with Gasteiger partial charge in [0.1, 0.15) is 22.9 Å². The number of rotatable bonds is 6. The Labute approximate surface area is 189 Å². The summed E-state index contributed by atoms with van der Waals surface area (Å²) in [4.78, 5) is 26.0. The lowest BCUT2D eigenvalue weighted by Crippen LogP contribution is -2.47.